The summed E-state index contributed by atoms with van der Waals surface area (Å²) in [6, 6.07) is 0.313. The number of amides is 2. The number of aryl methyl sites for hydroxylation is 1. The summed E-state index contributed by atoms with van der Waals surface area (Å²) in [6.07, 6.45) is 4.82. The van der Waals surface area contributed by atoms with Crippen LogP contribution in [0.15, 0.2) is 6.20 Å². The van der Waals surface area contributed by atoms with Gasteiger partial charge in [0.05, 0.1) is 6.54 Å². The summed E-state index contributed by atoms with van der Waals surface area (Å²) in [6.45, 7) is 1.75. The number of imidazole rings is 1. The quantitative estimate of drug-likeness (QED) is 0.696. The lowest BCUT2D eigenvalue weighted by Crippen LogP contribution is -2.37. The third-order valence-electron chi connectivity index (χ3n) is 3.22. The Morgan fingerprint density at radius 3 is 3.05 bits per heavy atom. The normalized spacial score (nSPS) is 17.3. The van der Waals surface area contributed by atoms with E-state index in [9.17, 15) is 9.59 Å². The van der Waals surface area contributed by atoms with Gasteiger partial charge in [-0.3, -0.25) is 9.59 Å². The summed E-state index contributed by atoms with van der Waals surface area (Å²) in [5.41, 5.74) is 0.351. The number of fused-ring (bicyclic) bond motifs is 1. The zero-order valence-electron chi connectivity index (χ0n) is 10.6. The van der Waals surface area contributed by atoms with Crippen LogP contribution in [0.25, 0.3) is 0 Å². The lowest BCUT2D eigenvalue weighted by atomic mass is 10.4. The highest BCUT2D eigenvalue weighted by molar-refractivity contribution is 5.95. The zero-order chi connectivity index (χ0) is 13.2. The second-order valence-corrected chi connectivity index (χ2v) is 4.95. The van der Waals surface area contributed by atoms with Crippen molar-refractivity contribution < 1.29 is 9.59 Å². The second-order valence-electron chi connectivity index (χ2n) is 4.95. The van der Waals surface area contributed by atoms with Crippen LogP contribution in [0.2, 0.25) is 0 Å². The van der Waals surface area contributed by atoms with Gasteiger partial charge in [0.25, 0.3) is 5.91 Å². The molecule has 1 aromatic heterocycles. The van der Waals surface area contributed by atoms with E-state index in [1.165, 1.54) is 0 Å². The van der Waals surface area contributed by atoms with Gasteiger partial charge in [-0.15, -0.1) is 0 Å². The fourth-order valence-corrected chi connectivity index (χ4v) is 2.04. The highest BCUT2D eigenvalue weighted by Crippen LogP contribution is 2.18. The molecule has 7 heteroatoms. The van der Waals surface area contributed by atoms with Crippen LogP contribution in [-0.4, -0.2) is 40.5 Å². The van der Waals surface area contributed by atoms with Crippen molar-refractivity contribution in [1.82, 2.24) is 20.2 Å². The molecular formula is C12H17N5O2. The molecule has 1 aliphatic heterocycles. The fourth-order valence-electron chi connectivity index (χ4n) is 2.04. The smallest absolute Gasteiger partial charge is 0.271 e. The molecule has 0 saturated heterocycles. The molecule has 0 bridgehead atoms. The summed E-state index contributed by atoms with van der Waals surface area (Å²) in [5, 5.41) is 8.53. The average Bonchev–Trinajstić information content (AvgIpc) is 3.10. The fraction of sp³-hybridized carbons (Fsp3) is 0.583. The average molecular weight is 263 g/mol. The molecule has 1 aliphatic carbocycles. The lowest BCUT2D eigenvalue weighted by Gasteiger charge is -2.14. The van der Waals surface area contributed by atoms with Crippen molar-refractivity contribution in [2.75, 3.05) is 18.4 Å². The molecule has 102 valence electrons. The van der Waals surface area contributed by atoms with Crippen LogP contribution in [0.5, 0.6) is 0 Å². The molecule has 0 spiro atoms. The first-order valence-corrected chi connectivity index (χ1v) is 6.61. The van der Waals surface area contributed by atoms with Crippen LogP contribution < -0.4 is 16.0 Å². The Morgan fingerprint density at radius 1 is 1.47 bits per heavy atom. The summed E-state index contributed by atoms with van der Waals surface area (Å²) in [4.78, 5) is 27.5. The Balaban J connectivity index is 1.54. The third-order valence-corrected chi connectivity index (χ3v) is 3.22. The van der Waals surface area contributed by atoms with E-state index in [1.54, 1.807) is 6.20 Å². The van der Waals surface area contributed by atoms with Crippen LogP contribution >= 0.6 is 0 Å². The number of nitrogens with zero attached hydrogens (tertiary/aromatic N) is 2. The Morgan fingerprint density at radius 2 is 2.32 bits per heavy atom. The van der Waals surface area contributed by atoms with E-state index in [0.29, 0.717) is 11.7 Å². The van der Waals surface area contributed by atoms with E-state index in [-0.39, 0.29) is 18.4 Å². The summed E-state index contributed by atoms with van der Waals surface area (Å²) in [5.74, 6) is 0.270. The van der Waals surface area contributed by atoms with Crippen molar-refractivity contribution >= 4 is 17.8 Å². The lowest BCUT2D eigenvalue weighted by molar-refractivity contribution is -0.120. The highest BCUT2D eigenvalue weighted by Gasteiger charge is 2.23. The Labute approximate surface area is 110 Å². The van der Waals surface area contributed by atoms with Crippen LogP contribution in [0, 0.1) is 0 Å². The molecule has 3 rings (SSSR count). The van der Waals surface area contributed by atoms with Gasteiger partial charge in [0, 0.05) is 25.3 Å². The first-order chi connectivity index (χ1) is 9.22. The molecule has 1 saturated carbocycles. The Bertz CT molecular complexity index is 483. The highest BCUT2D eigenvalue weighted by atomic mass is 16.2. The van der Waals surface area contributed by atoms with Gasteiger partial charge < -0.3 is 20.5 Å². The maximum Gasteiger partial charge on any atom is 0.271 e. The monoisotopic (exact) mass is 263 g/mol. The summed E-state index contributed by atoms with van der Waals surface area (Å²) < 4.78 is 1.92. The van der Waals surface area contributed by atoms with Crippen molar-refractivity contribution in [2.45, 2.75) is 31.8 Å². The van der Waals surface area contributed by atoms with Crippen molar-refractivity contribution in [2.24, 2.45) is 0 Å². The molecule has 2 heterocycles. The number of nitrogens with one attached hydrogen (secondary N) is 3. The first kappa shape index (κ1) is 12.0. The Kier molecular flexibility index (Phi) is 3.10. The number of carbonyl (C=O) groups is 2. The van der Waals surface area contributed by atoms with E-state index in [1.807, 2.05) is 4.57 Å². The molecule has 19 heavy (non-hydrogen) atoms. The predicted octanol–water partition coefficient (Wildman–Crippen LogP) is -0.293. The summed E-state index contributed by atoms with van der Waals surface area (Å²) in [7, 11) is 0. The van der Waals surface area contributed by atoms with Crippen molar-refractivity contribution in [3.63, 3.8) is 0 Å². The number of aromatic nitrogens is 2. The van der Waals surface area contributed by atoms with Gasteiger partial charge in [-0.05, 0) is 19.3 Å². The van der Waals surface area contributed by atoms with Crippen molar-refractivity contribution in [3.05, 3.63) is 11.9 Å². The molecule has 0 aromatic carbocycles. The molecule has 1 aromatic rings. The molecule has 2 aliphatic rings. The van der Waals surface area contributed by atoms with Gasteiger partial charge in [-0.2, -0.15) is 0 Å². The van der Waals surface area contributed by atoms with E-state index in [4.69, 9.17) is 0 Å². The number of carbonyl (C=O) groups excluding carboxylic acids is 2. The van der Waals surface area contributed by atoms with E-state index in [0.717, 1.165) is 38.3 Å². The number of anilines is 1. The van der Waals surface area contributed by atoms with Crippen LogP contribution in [0.3, 0.4) is 0 Å². The van der Waals surface area contributed by atoms with Gasteiger partial charge >= 0.3 is 0 Å². The van der Waals surface area contributed by atoms with Crippen LogP contribution in [0.4, 0.5) is 5.95 Å². The molecule has 7 nitrogen and oxygen atoms in total. The molecular weight excluding hydrogens is 246 g/mol. The molecule has 2 amide bonds. The van der Waals surface area contributed by atoms with Gasteiger partial charge in [0.1, 0.15) is 5.69 Å². The Hall–Kier alpha value is -2.05. The predicted molar refractivity (Wildman–Crippen MR) is 68.8 cm³/mol. The first-order valence-electron chi connectivity index (χ1n) is 6.61. The minimum atomic E-state index is -0.311. The molecule has 0 radical (unpaired) electrons. The van der Waals surface area contributed by atoms with Crippen molar-refractivity contribution in [1.29, 1.82) is 0 Å². The van der Waals surface area contributed by atoms with Crippen LogP contribution in [0.1, 0.15) is 29.8 Å². The minimum absolute atomic E-state index is 0.00492. The zero-order valence-corrected chi connectivity index (χ0v) is 10.6. The third kappa shape index (κ3) is 2.86. The molecule has 1 fully saturated rings. The molecule has 0 atom stereocenters. The van der Waals surface area contributed by atoms with Crippen LogP contribution in [-0.2, 0) is 11.3 Å². The van der Waals surface area contributed by atoms with E-state index < -0.39 is 0 Å². The molecule has 0 unspecified atom stereocenters. The van der Waals surface area contributed by atoms with E-state index >= 15 is 0 Å². The number of hydrogen-bond donors (Lipinski definition) is 3. The van der Waals surface area contributed by atoms with Crippen molar-refractivity contribution in [3.8, 4) is 0 Å². The maximum atomic E-state index is 11.9. The summed E-state index contributed by atoms with van der Waals surface area (Å²) >= 11 is 0. The molecule has 3 N–H and O–H groups in total. The van der Waals surface area contributed by atoms with Gasteiger partial charge in [-0.25, -0.2) is 4.98 Å². The topological polar surface area (TPSA) is 88.0 Å². The standard InChI is InChI=1S/C12H17N5O2/c18-10(15-8-2-3-8)6-14-11(19)9-7-17-5-1-4-13-12(17)16-9/h7-8H,1-6H2,(H,13,16)(H,14,19)(H,15,18). The largest absolute Gasteiger partial charge is 0.356 e. The SMILES string of the molecule is O=C(CNC(=O)c1cn2c(n1)NCCC2)NC1CC1. The number of rotatable bonds is 4. The van der Waals surface area contributed by atoms with E-state index in [2.05, 4.69) is 20.9 Å². The van der Waals surface area contributed by atoms with Gasteiger partial charge in [-0.1, -0.05) is 0 Å². The van der Waals surface area contributed by atoms with Gasteiger partial charge in [0.15, 0.2) is 0 Å². The number of hydrogen-bond acceptors (Lipinski definition) is 4. The maximum absolute atomic E-state index is 11.9. The second kappa shape index (κ2) is 4.91. The van der Waals surface area contributed by atoms with Gasteiger partial charge in [0.2, 0.25) is 11.9 Å². The minimum Gasteiger partial charge on any atom is -0.356 e.